The second-order valence-electron chi connectivity index (χ2n) is 7.07. The van der Waals surface area contributed by atoms with Gasteiger partial charge in [0.1, 0.15) is 11.9 Å². The van der Waals surface area contributed by atoms with Crippen molar-refractivity contribution >= 4 is 18.4 Å². The number of carbonyl (C=O) groups is 2. The molecule has 1 aromatic carbocycles. The van der Waals surface area contributed by atoms with E-state index < -0.39 is 0 Å². The van der Waals surface area contributed by atoms with Crippen LogP contribution >= 0.6 is 0 Å². The number of aldehydes is 1. The molecule has 1 N–H and O–H groups in total. The van der Waals surface area contributed by atoms with Crippen LogP contribution < -0.4 is 10.2 Å². The predicted octanol–water partition coefficient (Wildman–Crippen LogP) is 1.68. The third-order valence-electron chi connectivity index (χ3n) is 3.74. The molecule has 1 aliphatic heterocycles. The van der Waals surface area contributed by atoms with E-state index in [1.54, 1.807) is 0 Å². The fourth-order valence-corrected chi connectivity index (χ4v) is 2.34. The van der Waals surface area contributed by atoms with Crippen LogP contribution in [-0.2, 0) is 20.9 Å². The summed E-state index contributed by atoms with van der Waals surface area (Å²) in [6.07, 6.45) is 0.925. The van der Waals surface area contributed by atoms with E-state index in [0.717, 1.165) is 44.7 Å². The largest absolute Gasteiger partial charge is 0.462 e. The molecule has 6 nitrogen and oxygen atoms in total. The highest BCUT2D eigenvalue weighted by atomic mass is 16.5. The van der Waals surface area contributed by atoms with Gasteiger partial charge in [-0.05, 0) is 38.5 Å². The van der Waals surface area contributed by atoms with Crippen molar-refractivity contribution in [2.75, 3.05) is 44.7 Å². The lowest BCUT2D eigenvalue weighted by Gasteiger charge is -2.27. The molecule has 0 radical (unpaired) electrons. The number of rotatable bonds is 6. The van der Waals surface area contributed by atoms with E-state index in [4.69, 9.17) is 0 Å². The highest BCUT2D eigenvalue weighted by Crippen LogP contribution is 2.14. The van der Waals surface area contributed by atoms with Gasteiger partial charge in [-0.25, -0.2) is 0 Å². The van der Waals surface area contributed by atoms with Crippen molar-refractivity contribution in [3.05, 3.63) is 29.8 Å². The Bertz CT molecular complexity index is 506. The molecule has 1 aromatic rings. The van der Waals surface area contributed by atoms with E-state index in [0.29, 0.717) is 13.0 Å². The molecular formula is C19H31N3O3. The smallest absolute Gasteiger partial charge is 0.293 e. The van der Waals surface area contributed by atoms with Gasteiger partial charge in [0, 0.05) is 45.5 Å². The van der Waals surface area contributed by atoms with Crippen LogP contribution in [0.3, 0.4) is 0 Å². The summed E-state index contributed by atoms with van der Waals surface area (Å²) in [5.41, 5.74) is 2.10. The van der Waals surface area contributed by atoms with Gasteiger partial charge in [0.15, 0.2) is 0 Å². The molecule has 0 atom stereocenters. The van der Waals surface area contributed by atoms with E-state index in [1.165, 1.54) is 5.56 Å². The van der Waals surface area contributed by atoms with Crippen LogP contribution in [0.25, 0.3) is 0 Å². The average Bonchev–Trinajstić information content (AvgIpc) is 2.56. The summed E-state index contributed by atoms with van der Waals surface area (Å²) in [5.74, 6) is 0. The van der Waals surface area contributed by atoms with Crippen molar-refractivity contribution in [1.82, 2.24) is 10.2 Å². The molecule has 1 aliphatic rings. The number of hydrogen-bond donors (Lipinski definition) is 1. The Morgan fingerprint density at radius 3 is 2.20 bits per heavy atom. The molecule has 0 aliphatic carbocycles. The Balaban J connectivity index is 0.000000381. The van der Waals surface area contributed by atoms with E-state index in [2.05, 4.69) is 39.2 Å². The van der Waals surface area contributed by atoms with E-state index >= 15 is 0 Å². The molecule has 0 unspecified atom stereocenters. The van der Waals surface area contributed by atoms with Gasteiger partial charge in [-0.2, -0.15) is 0 Å². The van der Waals surface area contributed by atoms with Crippen LogP contribution in [0.4, 0.5) is 5.69 Å². The number of piperazine rings is 1. The van der Waals surface area contributed by atoms with Crippen molar-refractivity contribution in [1.29, 1.82) is 0 Å². The Morgan fingerprint density at radius 2 is 1.76 bits per heavy atom. The molecule has 0 saturated carbocycles. The molecule has 140 valence electrons. The van der Waals surface area contributed by atoms with Crippen LogP contribution in [0.1, 0.15) is 26.3 Å². The maximum atomic E-state index is 10.5. The van der Waals surface area contributed by atoms with Crippen molar-refractivity contribution in [2.24, 2.45) is 0 Å². The highest BCUT2D eigenvalue weighted by molar-refractivity contribution is 5.60. The van der Waals surface area contributed by atoms with Gasteiger partial charge in [0.2, 0.25) is 0 Å². The third-order valence-corrected chi connectivity index (χ3v) is 3.74. The monoisotopic (exact) mass is 349 g/mol. The zero-order valence-electron chi connectivity index (χ0n) is 15.8. The molecule has 25 heavy (non-hydrogen) atoms. The molecule has 1 fully saturated rings. The van der Waals surface area contributed by atoms with Crippen molar-refractivity contribution in [2.45, 2.75) is 32.9 Å². The Hall–Kier alpha value is -1.92. The van der Waals surface area contributed by atoms with Crippen molar-refractivity contribution in [3.63, 3.8) is 0 Å². The number of likely N-dealkylation sites (N-methyl/N-ethyl adjacent to an activating group) is 1. The fraction of sp³-hybridized carbons (Fsp3) is 0.579. The maximum absolute atomic E-state index is 10.5. The van der Waals surface area contributed by atoms with Gasteiger partial charge in [-0.1, -0.05) is 12.1 Å². The number of anilines is 1. The summed E-state index contributed by atoms with van der Waals surface area (Å²) >= 11 is 0. The van der Waals surface area contributed by atoms with Crippen molar-refractivity contribution < 1.29 is 14.3 Å². The number of benzene rings is 1. The van der Waals surface area contributed by atoms with Gasteiger partial charge < -0.3 is 19.7 Å². The predicted molar refractivity (Wildman–Crippen MR) is 101 cm³/mol. The Morgan fingerprint density at radius 1 is 1.16 bits per heavy atom. The van der Waals surface area contributed by atoms with Gasteiger partial charge >= 0.3 is 0 Å². The molecule has 0 amide bonds. The third kappa shape index (κ3) is 9.22. The first-order chi connectivity index (χ1) is 11.9. The molecule has 6 heteroatoms. The summed E-state index contributed by atoms with van der Waals surface area (Å²) in [5, 5.41) is 3.36. The van der Waals surface area contributed by atoms with Crippen LogP contribution in [0.15, 0.2) is 24.3 Å². The second kappa shape index (κ2) is 10.8. The van der Waals surface area contributed by atoms with Crippen LogP contribution in [0.5, 0.6) is 0 Å². The molecule has 1 saturated heterocycles. The van der Waals surface area contributed by atoms with Crippen LogP contribution in [0.2, 0.25) is 0 Å². The average molecular weight is 349 g/mol. The summed E-state index contributed by atoms with van der Waals surface area (Å²) in [7, 11) is 1.93. The topological polar surface area (TPSA) is 61.9 Å². The van der Waals surface area contributed by atoms with Crippen LogP contribution in [0, 0.1) is 0 Å². The molecule has 0 bridgehead atoms. The maximum Gasteiger partial charge on any atom is 0.293 e. The lowest BCUT2D eigenvalue weighted by Crippen LogP contribution is -2.42. The molecule has 1 heterocycles. The molecule has 0 aromatic heterocycles. The van der Waals surface area contributed by atoms with Crippen LogP contribution in [-0.4, -0.2) is 63.0 Å². The first kappa shape index (κ1) is 21.1. The van der Waals surface area contributed by atoms with E-state index in [1.807, 2.05) is 32.7 Å². The molecule has 0 spiro atoms. The van der Waals surface area contributed by atoms with Crippen molar-refractivity contribution in [3.8, 4) is 0 Å². The zero-order valence-corrected chi connectivity index (χ0v) is 15.8. The first-order valence-corrected chi connectivity index (χ1v) is 8.64. The molecule has 2 rings (SSSR count). The van der Waals surface area contributed by atoms with Gasteiger partial charge in [0.25, 0.3) is 6.47 Å². The van der Waals surface area contributed by atoms with Gasteiger partial charge in [0.05, 0.1) is 6.54 Å². The number of nitrogens with zero attached hydrogens (tertiary/aromatic N) is 2. The Kier molecular flexibility index (Phi) is 9.16. The van der Waals surface area contributed by atoms with Gasteiger partial charge in [-0.3, -0.25) is 9.69 Å². The quantitative estimate of drug-likeness (QED) is 0.789. The number of ether oxygens (including phenoxy) is 1. The second-order valence-corrected chi connectivity index (χ2v) is 7.07. The summed E-state index contributed by atoms with van der Waals surface area (Å²) in [6.45, 7) is 11.8. The normalized spacial score (nSPS) is 14.9. The summed E-state index contributed by atoms with van der Waals surface area (Å²) in [6, 6.07) is 8.47. The minimum atomic E-state index is -0.318. The lowest BCUT2D eigenvalue weighted by atomic mass is 10.1. The summed E-state index contributed by atoms with van der Waals surface area (Å²) < 4.78 is 4.55. The zero-order chi connectivity index (χ0) is 18.7. The fourth-order valence-electron chi connectivity index (χ4n) is 2.34. The number of nitrogens with one attached hydrogen (secondary N) is 1. The molecular weight excluding hydrogens is 318 g/mol. The standard InChI is InChI=1S/C14H21N3O.C5H10O2/c1-16(10-11-18)14-4-2-13(3-5-14)12-17-8-6-15-7-9-17;1-5(2,3)7-4-6/h2-5,11,15H,6-10,12H2,1H3;4H,1-3H3. The van der Waals surface area contributed by atoms with E-state index in [-0.39, 0.29) is 5.60 Å². The SMILES string of the molecule is CC(C)(C)OC=O.CN(CC=O)c1ccc(CN2CCNCC2)cc1. The summed E-state index contributed by atoms with van der Waals surface area (Å²) in [4.78, 5) is 24.5. The number of hydrogen-bond acceptors (Lipinski definition) is 6. The lowest BCUT2D eigenvalue weighted by molar-refractivity contribution is -0.138. The minimum Gasteiger partial charge on any atom is -0.462 e. The minimum absolute atomic E-state index is 0.318. The first-order valence-electron chi connectivity index (χ1n) is 8.64. The highest BCUT2D eigenvalue weighted by Gasteiger charge is 2.10. The number of carbonyl (C=O) groups excluding carboxylic acids is 2. The Labute approximate surface area is 151 Å². The van der Waals surface area contributed by atoms with Gasteiger partial charge in [-0.15, -0.1) is 0 Å². The van der Waals surface area contributed by atoms with E-state index in [9.17, 15) is 9.59 Å².